The number of nitro benzene ring substituents is 1. The van der Waals surface area contributed by atoms with Gasteiger partial charge in [0.1, 0.15) is 17.2 Å². The Morgan fingerprint density at radius 2 is 1.71 bits per heavy atom. The zero-order valence-corrected chi connectivity index (χ0v) is 39.0. The van der Waals surface area contributed by atoms with Gasteiger partial charge in [0.15, 0.2) is 0 Å². The minimum Gasteiger partial charge on any atom is -0.456 e. The van der Waals surface area contributed by atoms with Crippen molar-refractivity contribution in [1.29, 1.82) is 0 Å². The van der Waals surface area contributed by atoms with E-state index in [0.717, 1.165) is 126 Å². The van der Waals surface area contributed by atoms with Crippen LogP contribution in [0, 0.1) is 15.5 Å². The number of ether oxygens (including phenoxy) is 2. The third-order valence-electron chi connectivity index (χ3n) is 13.7. The first kappa shape index (κ1) is 45.6. The summed E-state index contributed by atoms with van der Waals surface area (Å²) < 4.78 is 41.8. The third-order valence-corrected chi connectivity index (χ3v) is 15.3. The molecule has 1 aromatic heterocycles. The Morgan fingerprint density at radius 3 is 2.45 bits per heavy atom. The maximum absolute atomic E-state index is 14.1. The summed E-state index contributed by atoms with van der Waals surface area (Å²) in [4.78, 5) is 32.6. The number of halogens is 1. The number of sulfonamides is 1. The van der Waals surface area contributed by atoms with Crippen LogP contribution in [0.3, 0.4) is 0 Å². The smallest absolute Gasteiger partial charge is 0.293 e. The summed E-state index contributed by atoms with van der Waals surface area (Å²) in [5, 5.41) is 24.1. The number of hydrogen-bond donors (Lipinski definition) is 3. The minimum atomic E-state index is -4.57. The number of aromatic nitrogens is 2. The highest BCUT2D eigenvalue weighted by Gasteiger charge is 2.32. The molecule has 1 saturated carbocycles. The van der Waals surface area contributed by atoms with Gasteiger partial charge < -0.3 is 19.7 Å². The quantitative estimate of drug-likeness (QED) is 0.0757. The zero-order chi connectivity index (χ0) is 46.0. The number of morpholine rings is 1. The van der Waals surface area contributed by atoms with Crippen LogP contribution in [0.25, 0.3) is 16.5 Å². The van der Waals surface area contributed by atoms with Gasteiger partial charge in [0.25, 0.3) is 21.6 Å². The summed E-state index contributed by atoms with van der Waals surface area (Å²) in [5.41, 5.74) is 5.71. The fourth-order valence-corrected chi connectivity index (χ4v) is 11.1. The Bertz CT molecular complexity index is 2720. The molecular formula is C49H57ClN8O7S. The number of benzene rings is 4. The molecular weight excluding hydrogens is 880 g/mol. The number of allylic oxidation sites excluding steroid dienone is 1. The van der Waals surface area contributed by atoms with Crippen molar-refractivity contribution in [2.24, 2.45) is 5.41 Å². The van der Waals surface area contributed by atoms with Crippen molar-refractivity contribution in [2.75, 3.05) is 69.2 Å². The SMILES string of the molecule is CC1(C)CCC(CN2CCN(c3ccc(C(=O)NS(=O)(=O)c4ccc(NC5CCC(N6CCOCC6)CC5)c([N+](=O)[O-])c4)c(Oc4cccc5[nH]ncc45)c3)CC2)=C(c2ccc(Cl)cc2)C1. The average molecular weight is 938 g/mol. The van der Waals surface area contributed by atoms with Crippen molar-refractivity contribution < 1.29 is 27.6 Å². The molecule has 3 fully saturated rings. The van der Waals surface area contributed by atoms with Crippen LogP contribution in [-0.4, -0.2) is 110 Å². The molecule has 348 valence electrons. The maximum Gasteiger partial charge on any atom is 0.293 e. The lowest BCUT2D eigenvalue weighted by molar-refractivity contribution is -0.384. The number of aromatic amines is 1. The van der Waals surface area contributed by atoms with E-state index in [4.69, 9.17) is 21.1 Å². The van der Waals surface area contributed by atoms with Gasteiger partial charge in [0.05, 0.1) is 45.7 Å². The monoisotopic (exact) mass is 936 g/mol. The molecule has 0 radical (unpaired) electrons. The van der Waals surface area contributed by atoms with Gasteiger partial charge in [-0.3, -0.25) is 29.8 Å². The molecule has 3 heterocycles. The van der Waals surface area contributed by atoms with Crippen molar-refractivity contribution in [3.63, 3.8) is 0 Å². The van der Waals surface area contributed by atoms with Crippen LogP contribution in [-0.2, 0) is 14.8 Å². The van der Waals surface area contributed by atoms with Crippen LogP contribution in [0.1, 0.15) is 74.7 Å². The minimum absolute atomic E-state index is 0.00214. The Kier molecular flexibility index (Phi) is 13.4. The number of nitrogens with one attached hydrogen (secondary N) is 3. The van der Waals surface area contributed by atoms with Crippen LogP contribution >= 0.6 is 11.6 Å². The summed E-state index contributed by atoms with van der Waals surface area (Å²) in [7, 11) is -4.57. The highest BCUT2D eigenvalue weighted by molar-refractivity contribution is 7.90. The number of nitro groups is 1. The first-order valence-corrected chi connectivity index (χ1v) is 24.8. The molecule has 0 atom stereocenters. The van der Waals surface area contributed by atoms with E-state index in [1.54, 1.807) is 36.5 Å². The van der Waals surface area contributed by atoms with Gasteiger partial charge in [-0.1, -0.05) is 49.2 Å². The molecule has 2 aliphatic carbocycles. The molecule has 15 nitrogen and oxygen atoms in total. The average Bonchev–Trinajstić information content (AvgIpc) is 3.81. The van der Waals surface area contributed by atoms with Gasteiger partial charge in [-0.05, 0) is 110 Å². The molecule has 4 aliphatic rings. The third kappa shape index (κ3) is 10.4. The molecule has 4 aromatic carbocycles. The topological polar surface area (TPSA) is 175 Å². The van der Waals surface area contributed by atoms with Crippen molar-refractivity contribution in [2.45, 2.75) is 75.8 Å². The first-order chi connectivity index (χ1) is 31.8. The Hall–Kier alpha value is -5.52. The van der Waals surface area contributed by atoms with E-state index in [2.05, 4.69) is 60.9 Å². The van der Waals surface area contributed by atoms with Gasteiger partial charge in [0, 0.05) is 80.7 Å². The van der Waals surface area contributed by atoms with Crippen LogP contribution < -0.4 is 19.7 Å². The van der Waals surface area contributed by atoms with Crippen molar-refractivity contribution in [1.82, 2.24) is 24.7 Å². The number of nitrogens with zero attached hydrogens (tertiary/aromatic N) is 5. The second-order valence-electron chi connectivity index (χ2n) is 18.7. The van der Waals surface area contributed by atoms with Crippen LogP contribution in [0.4, 0.5) is 17.1 Å². The van der Waals surface area contributed by atoms with Crippen LogP contribution in [0.2, 0.25) is 5.02 Å². The van der Waals surface area contributed by atoms with Gasteiger partial charge in [0.2, 0.25) is 0 Å². The summed E-state index contributed by atoms with van der Waals surface area (Å²) >= 11 is 6.25. The molecule has 0 unspecified atom stereocenters. The Balaban J connectivity index is 0.910. The molecule has 2 saturated heterocycles. The van der Waals surface area contributed by atoms with Crippen molar-refractivity contribution in [3.05, 3.63) is 117 Å². The Labute approximate surface area is 390 Å². The molecule has 2 aliphatic heterocycles. The number of carbonyl (C=O) groups is 1. The molecule has 1 amide bonds. The normalized spacial score (nSPS) is 20.9. The molecule has 9 rings (SSSR count). The maximum atomic E-state index is 14.1. The second-order valence-corrected chi connectivity index (χ2v) is 20.9. The zero-order valence-electron chi connectivity index (χ0n) is 37.4. The molecule has 66 heavy (non-hydrogen) atoms. The van der Waals surface area contributed by atoms with E-state index in [1.165, 1.54) is 28.8 Å². The highest BCUT2D eigenvalue weighted by Crippen LogP contribution is 2.44. The largest absolute Gasteiger partial charge is 0.456 e. The van der Waals surface area contributed by atoms with Gasteiger partial charge in [-0.2, -0.15) is 5.10 Å². The Morgan fingerprint density at radius 1 is 0.955 bits per heavy atom. The van der Waals surface area contributed by atoms with E-state index in [-0.39, 0.29) is 34.1 Å². The molecule has 5 aromatic rings. The summed E-state index contributed by atoms with van der Waals surface area (Å²) in [5.74, 6) is -0.371. The lowest BCUT2D eigenvalue weighted by Crippen LogP contribution is -2.47. The predicted molar refractivity (Wildman–Crippen MR) is 257 cm³/mol. The van der Waals surface area contributed by atoms with Crippen LogP contribution in [0.15, 0.2) is 95.5 Å². The van der Waals surface area contributed by atoms with E-state index in [0.29, 0.717) is 17.2 Å². The lowest BCUT2D eigenvalue weighted by Gasteiger charge is -2.39. The number of H-pyrrole nitrogens is 1. The summed E-state index contributed by atoms with van der Waals surface area (Å²) in [6.07, 6.45) is 8.38. The van der Waals surface area contributed by atoms with E-state index in [1.807, 2.05) is 18.2 Å². The van der Waals surface area contributed by atoms with Gasteiger partial charge in [-0.15, -0.1) is 0 Å². The molecule has 0 spiro atoms. The number of hydrogen-bond acceptors (Lipinski definition) is 12. The highest BCUT2D eigenvalue weighted by atomic mass is 35.5. The first-order valence-electron chi connectivity index (χ1n) is 22.9. The molecule has 3 N–H and O–H groups in total. The number of anilines is 2. The number of carbonyl (C=O) groups excluding carboxylic acids is 1. The lowest BCUT2D eigenvalue weighted by atomic mass is 9.72. The number of amides is 1. The van der Waals surface area contributed by atoms with Gasteiger partial charge in [-0.25, -0.2) is 13.1 Å². The van der Waals surface area contributed by atoms with Crippen molar-refractivity contribution >= 4 is 61.1 Å². The number of piperazine rings is 1. The fourth-order valence-electron chi connectivity index (χ4n) is 9.96. The predicted octanol–water partition coefficient (Wildman–Crippen LogP) is 8.88. The molecule has 17 heteroatoms. The number of fused-ring (bicyclic) bond motifs is 1. The molecule has 0 bridgehead atoms. The standard InChI is InChI=1S/C49H57ClN8O7S/c1-49(2)19-18-34(41(30-49)33-6-8-35(50)9-7-33)32-55-20-22-56(23-21-55)38-14-16-40(47(28-38)65-46-5-3-4-43-42(46)31-51-53-43)48(59)54-66(62,63)39-15-17-44(45(29-39)58(60)61)52-36-10-12-37(13-11-36)57-24-26-64-27-25-57/h3-9,14-17,28-29,31,36-37,52H,10-13,18-27,30,32H2,1-2H3,(H,51,53)(H,54,59). The second kappa shape index (κ2) is 19.4. The van der Waals surface area contributed by atoms with Gasteiger partial charge >= 0.3 is 0 Å². The number of rotatable bonds is 13. The fraction of sp³-hybridized carbons (Fsp3) is 0.429. The summed E-state index contributed by atoms with van der Waals surface area (Å²) in [6, 6.07) is 22.9. The van der Waals surface area contributed by atoms with Crippen molar-refractivity contribution in [3.8, 4) is 11.5 Å². The summed E-state index contributed by atoms with van der Waals surface area (Å²) in [6.45, 7) is 11.9. The van der Waals surface area contributed by atoms with E-state index < -0.39 is 25.7 Å². The van der Waals surface area contributed by atoms with E-state index in [9.17, 15) is 23.3 Å². The van der Waals surface area contributed by atoms with E-state index >= 15 is 0 Å². The van der Waals surface area contributed by atoms with Crippen LogP contribution in [0.5, 0.6) is 11.5 Å².